The number of hydrogen-bond acceptors (Lipinski definition) is 4. The van der Waals surface area contributed by atoms with E-state index >= 15 is 0 Å². The van der Waals surface area contributed by atoms with Crippen molar-refractivity contribution in [3.05, 3.63) is 29.3 Å². The number of hydrogen-bond donors (Lipinski definition) is 1. The molecule has 1 N–H and O–H groups in total. The molecule has 19 heavy (non-hydrogen) atoms. The fourth-order valence-electron chi connectivity index (χ4n) is 1.40. The van der Waals surface area contributed by atoms with Crippen LogP contribution in [-0.4, -0.2) is 35.3 Å². The smallest absolute Gasteiger partial charge is 0.340 e. The molecule has 1 rings (SSSR count). The zero-order valence-corrected chi connectivity index (χ0v) is 11.5. The Morgan fingerprint density at radius 3 is 2.63 bits per heavy atom. The van der Waals surface area contributed by atoms with E-state index in [0.717, 1.165) is 13.2 Å². The molecule has 0 saturated heterocycles. The summed E-state index contributed by atoms with van der Waals surface area (Å²) in [6.45, 7) is 2.04. The third-order valence-electron chi connectivity index (χ3n) is 2.45. The molecule has 0 saturated carbocycles. The van der Waals surface area contributed by atoms with Crippen LogP contribution in [0.3, 0.4) is 0 Å². The fourth-order valence-corrected chi connectivity index (χ4v) is 2.02. The molecule has 7 heteroatoms. The van der Waals surface area contributed by atoms with Crippen molar-refractivity contribution >= 4 is 22.5 Å². The number of ether oxygens (including phenoxy) is 1. The van der Waals surface area contributed by atoms with Crippen LogP contribution in [0.4, 0.5) is 14.5 Å². The van der Waals surface area contributed by atoms with Crippen LogP contribution in [0, 0.1) is 11.6 Å². The number of anilines is 1. The molecule has 106 valence electrons. The lowest BCUT2D eigenvalue weighted by molar-refractivity contribution is 0.0594. The molecule has 0 aliphatic heterocycles. The molecular formula is C12H15F2NO3S. The summed E-state index contributed by atoms with van der Waals surface area (Å²) in [5.74, 6) is -2.48. The van der Waals surface area contributed by atoms with Crippen molar-refractivity contribution in [3.8, 4) is 0 Å². The third kappa shape index (κ3) is 3.99. The highest BCUT2D eigenvalue weighted by Gasteiger charge is 2.18. The van der Waals surface area contributed by atoms with E-state index in [9.17, 15) is 17.8 Å². The summed E-state index contributed by atoms with van der Waals surface area (Å²) in [6.07, 6.45) is 0. The van der Waals surface area contributed by atoms with Gasteiger partial charge in [0, 0.05) is 28.9 Å². The van der Waals surface area contributed by atoms with E-state index in [1.165, 1.54) is 6.07 Å². The minimum Gasteiger partial charge on any atom is -0.465 e. The molecule has 0 fully saturated rings. The molecular weight excluding hydrogens is 276 g/mol. The summed E-state index contributed by atoms with van der Waals surface area (Å²) in [5.41, 5.74) is -0.527. The Kier molecular flexibility index (Phi) is 5.88. The van der Waals surface area contributed by atoms with Gasteiger partial charge in [-0.15, -0.1) is 0 Å². The first-order chi connectivity index (χ1) is 9.01. The number of carbonyl (C=O) groups excluding carboxylic acids is 1. The van der Waals surface area contributed by atoms with Crippen LogP contribution in [0.2, 0.25) is 0 Å². The minimum atomic E-state index is -1.26. The Bertz CT molecular complexity index is 494. The van der Waals surface area contributed by atoms with E-state index in [1.807, 2.05) is 0 Å². The lowest BCUT2D eigenvalue weighted by Crippen LogP contribution is -2.14. The first-order valence-corrected chi connectivity index (χ1v) is 7.15. The largest absolute Gasteiger partial charge is 0.465 e. The molecule has 0 spiro atoms. The maximum Gasteiger partial charge on any atom is 0.340 e. The molecule has 0 amide bonds. The van der Waals surface area contributed by atoms with E-state index in [-0.39, 0.29) is 12.2 Å². The molecule has 0 heterocycles. The summed E-state index contributed by atoms with van der Waals surface area (Å²) >= 11 is 0. The number of rotatable bonds is 6. The fraction of sp³-hybridized carbons (Fsp3) is 0.417. The molecule has 1 unspecified atom stereocenters. The molecule has 0 aromatic heterocycles. The Hall–Kier alpha value is -1.50. The van der Waals surface area contributed by atoms with Crippen LogP contribution in [0.5, 0.6) is 0 Å². The topological polar surface area (TPSA) is 55.4 Å². The number of methoxy groups -OCH3 is 1. The van der Waals surface area contributed by atoms with Gasteiger partial charge in [0.1, 0.15) is 0 Å². The predicted molar refractivity (Wildman–Crippen MR) is 69.7 cm³/mol. The lowest BCUT2D eigenvalue weighted by Gasteiger charge is -2.09. The maximum absolute atomic E-state index is 13.6. The normalized spacial score (nSPS) is 12.0. The van der Waals surface area contributed by atoms with E-state index in [1.54, 1.807) is 6.92 Å². The van der Waals surface area contributed by atoms with Gasteiger partial charge in [-0.05, 0) is 12.1 Å². The average Bonchev–Trinajstić information content (AvgIpc) is 2.42. The van der Waals surface area contributed by atoms with Gasteiger partial charge in [-0.25, -0.2) is 13.6 Å². The van der Waals surface area contributed by atoms with Gasteiger partial charge in [0.05, 0.1) is 18.4 Å². The average molecular weight is 291 g/mol. The van der Waals surface area contributed by atoms with Gasteiger partial charge in [-0.3, -0.25) is 4.21 Å². The van der Waals surface area contributed by atoms with E-state index in [0.29, 0.717) is 11.5 Å². The van der Waals surface area contributed by atoms with Crippen LogP contribution in [0.15, 0.2) is 12.1 Å². The minimum absolute atomic E-state index is 0.0711. The van der Waals surface area contributed by atoms with E-state index < -0.39 is 34.0 Å². The van der Waals surface area contributed by atoms with Crippen molar-refractivity contribution < 1.29 is 22.5 Å². The first kappa shape index (κ1) is 15.6. The van der Waals surface area contributed by atoms with Crippen molar-refractivity contribution in [2.24, 2.45) is 0 Å². The van der Waals surface area contributed by atoms with E-state index in [4.69, 9.17) is 0 Å². The summed E-state index contributed by atoms with van der Waals surface area (Å²) in [4.78, 5) is 11.2. The molecule has 0 aliphatic carbocycles. The number of esters is 1. The van der Waals surface area contributed by atoms with Gasteiger partial charge >= 0.3 is 5.97 Å². The van der Waals surface area contributed by atoms with Crippen LogP contribution in [0.25, 0.3) is 0 Å². The number of halogens is 2. The van der Waals surface area contributed by atoms with Crippen molar-refractivity contribution in [1.82, 2.24) is 0 Å². The van der Waals surface area contributed by atoms with Crippen LogP contribution < -0.4 is 5.32 Å². The molecule has 0 bridgehead atoms. The molecule has 4 nitrogen and oxygen atoms in total. The van der Waals surface area contributed by atoms with Gasteiger partial charge in [0.2, 0.25) is 0 Å². The zero-order valence-electron chi connectivity index (χ0n) is 10.7. The Morgan fingerprint density at radius 2 is 2.05 bits per heavy atom. The number of nitrogens with one attached hydrogen (secondary N) is 1. The molecule has 1 aromatic rings. The van der Waals surface area contributed by atoms with Gasteiger partial charge in [0.25, 0.3) is 0 Å². The van der Waals surface area contributed by atoms with Crippen LogP contribution in [0.1, 0.15) is 17.3 Å². The third-order valence-corrected chi connectivity index (χ3v) is 3.76. The van der Waals surface area contributed by atoms with Crippen LogP contribution in [-0.2, 0) is 15.5 Å². The molecule has 0 aliphatic rings. The van der Waals surface area contributed by atoms with Gasteiger partial charge in [0.15, 0.2) is 11.6 Å². The van der Waals surface area contributed by atoms with Gasteiger partial charge in [-0.1, -0.05) is 6.92 Å². The summed E-state index contributed by atoms with van der Waals surface area (Å²) < 4.78 is 42.7. The molecule has 0 radical (unpaired) electrons. The SMILES string of the molecule is CCS(=O)CCNc1ccc(C(=O)OC)c(F)c1F. The predicted octanol–water partition coefficient (Wildman–Crippen LogP) is 1.93. The Morgan fingerprint density at radius 1 is 1.37 bits per heavy atom. The maximum atomic E-state index is 13.6. The first-order valence-electron chi connectivity index (χ1n) is 5.66. The van der Waals surface area contributed by atoms with E-state index in [2.05, 4.69) is 10.1 Å². The highest BCUT2D eigenvalue weighted by Crippen LogP contribution is 2.21. The molecule has 1 aromatic carbocycles. The summed E-state index contributed by atoms with van der Waals surface area (Å²) in [5, 5.41) is 2.64. The second-order valence-corrected chi connectivity index (χ2v) is 5.50. The zero-order chi connectivity index (χ0) is 14.4. The van der Waals surface area contributed by atoms with Crippen molar-refractivity contribution in [3.63, 3.8) is 0 Å². The lowest BCUT2D eigenvalue weighted by atomic mass is 10.2. The Balaban J connectivity index is 2.79. The monoisotopic (exact) mass is 291 g/mol. The highest BCUT2D eigenvalue weighted by molar-refractivity contribution is 7.84. The number of benzene rings is 1. The quantitative estimate of drug-likeness (QED) is 0.814. The summed E-state index contributed by atoms with van der Waals surface area (Å²) in [6, 6.07) is 2.39. The second kappa shape index (κ2) is 7.18. The van der Waals surface area contributed by atoms with Crippen molar-refractivity contribution in [2.45, 2.75) is 6.92 Å². The summed E-state index contributed by atoms with van der Waals surface area (Å²) in [7, 11) is 0.111. The molecule has 1 atom stereocenters. The van der Waals surface area contributed by atoms with Crippen LogP contribution >= 0.6 is 0 Å². The van der Waals surface area contributed by atoms with Gasteiger partial charge in [-0.2, -0.15) is 0 Å². The highest BCUT2D eigenvalue weighted by atomic mass is 32.2. The van der Waals surface area contributed by atoms with Crippen molar-refractivity contribution in [2.75, 3.05) is 30.5 Å². The standard InChI is InChI=1S/C12H15F2NO3S/c1-3-19(17)7-6-15-9-5-4-8(12(16)18-2)10(13)11(9)14/h4-5,15H,3,6-7H2,1-2H3. The second-order valence-electron chi connectivity index (χ2n) is 3.64. The van der Waals surface area contributed by atoms with Gasteiger partial charge < -0.3 is 10.1 Å². The van der Waals surface area contributed by atoms with Crippen molar-refractivity contribution in [1.29, 1.82) is 0 Å². The Labute approximate surface area is 112 Å². The number of carbonyl (C=O) groups is 1.